The van der Waals surface area contributed by atoms with Gasteiger partial charge in [0.2, 0.25) is 5.91 Å². The molecule has 1 aromatic carbocycles. The third kappa shape index (κ3) is 5.63. The zero-order valence-corrected chi connectivity index (χ0v) is 15.1. The average Bonchev–Trinajstić information content (AvgIpc) is 2.51. The zero-order chi connectivity index (χ0) is 18.3. The van der Waals surface area contributed by atoms with Crippen molar-refractivity contribution in [2.75, 3.05) is 0 Å². The first kappa shape index (κ1) is 20.2. The molecular formula is C17H25NO5S. The summed E-state index contributed by atoms with van der Waals surface area (Å²) in [5, 5.41) is 11.1. The Morgan fingerprint density at radius 2 is 1.75 bits per heavy atom. The monoisotopic (exact) mass is 355 g/mol. The lowest BCUT2D eigenvalue weighted by molar-refractivity contribution is -0.142. The number of carboxylic acids is 1. The number of sulfone groups is 1. The molecule has 0 spiro atoms. The number of carbonyl (C=O) groups excluding carboxylic acids is 1. The molecule has 1 aromatic rings. The van der Waals surface area contributed by atoms with E-state index in [9.17, 15) is 18.0 Å². The number of nitrogens with one attached hydrogen (secondary N) is 1. The number of carbonyl (C=O) groups is 2. The topological polar surface area (TPSA) is 101 Å². The van der Waals surface area contributed by atoms with Gasteiger partial charge in [0.15, 0.2) is 9.84 Å². The Bertz CT molecular complexity index is 665. The maximum absolute atomic E-state index is 12.0. The second-order valence-electron chi connectivity index (χ2n) is 6.02. The second-order valence-corrected chi connectivity index (χ2v) is 8.52. The largest absolute Gasteiger partial charge is 0.480 e. The van der Waals surface area contributed by atoms with Gasteiger partial charge in [0.25, 0.3) is 0 Å². The predicted molar refractivity (Wildman–Crippen MR) is 91.6 cm³/mol. The van der Waals surface area contributed by atoms with E-state index < -0.39 is 33.0 Å². The van der Waals surface area contributed by atoms with Gasteiger partial charge in [-0.1, -0.05) is 31.9 Å². The van der Waals surface area contributed by atoms with Crippen molar-refractivity contribution in [2.45, 2.75) is 62.6 Å². The highest BCUT2D eigenvalue weighted by Crippen LogP contribution is 2.16. The van der Waals surface area contributed by atoms with Crippen molar-refractivity contribution in [1.82, 2.24) is 5.32 Å². The average molecular weight is 355 g/mol. The molecule has 0 saturated carbocycles. The molecule has 0 aromatic heterocycles. The second kappa shape index (κ2) is 8.82. The van der Waals surface area contributed by atoms with E-state index in [1.165, 1.54) is 12.1 Å². The van der Waals surface area contributed by atoms with Gasteiger partial charge in [-0.05, 0) is 38.0 Å². The summed E-state index contributed by atoms with van der Waals surface area (Å²) in [4.78, 5) is 23.3. The summed E-state index contributed by atoms with van der Waals surface area (Å²) in [6.07, 6.45) is 1.98. The van der Waals surface area contributed by atoms with Gasteiger partial charge in [-0.3, -0.25) is 4.79 Å². The maximum atomic E-state index is 12.0. The lowest BCUT2D eigenvalue weighted by atomic mass is 10.1. The van der Waals surface area contributed by atoms with Crippen molar-refractivity contribution >= 4 is 21.7 Å². The van der Waals surface area contributed by atoms with Crippen LogP contribution in [0.15, 0.2) is 29.2 Å². The third-order valence-electron chi connectivity index (χ3n) is 3.72. The quantitative estimate of drug-likeness (QED) is 0.707. The Kier molecular flexibility index (Phi) is 7.41. The Morgan fingerprint density at radius 3 is 2.21 bits per heavy atom. The highest BCUT2D eigenvalue weighted by Gasteiger charge is 2.20. The van der Waals surface area contributed by atoms with Crippen molar-refractivity contribution in [3.8, 4) is 0 Å². The molecule has 0 fully saturated rings. The predicted octanol–water partition coefficient (Wildman–Crippen LogP) is 2.17. The van der Waals surface area contributed by atoms with Crippen molar-refractivity contribution in [3.63, 3.8) is 0 Å². The van der Waals surface area contributed by atoms with Crippen LogP contribution >= 0.6 is 0 Å². The number of aliphatic carboxylic acids is 1. The Morgan fingerprint density at radius 1 is 1.17 bits per heavy atom. The highest BCUT2D eigenvalue weighted by molar-refractivity contribution is 7.92. The van der Waals surface area contributed by atoms with E-state index in [0.29, 0.717) is 12.0 Å². The van der Waals surface area contributed by atoms with Crippen LogP contribution in [0, 0.1) is 0 Å². The molecule has 0 aliphatic heterocycles. The third-order valence-corrected chi connectivity index (χ3v) is 5.89. The molecule has 134 valence electrons. The minimum absolute atomic E-state index is 0.0118. The van der Waals surface area contributed by atoms with Gasteiger partial charge in [-0.15, -0.1) is 0 Å². The van der Waals surface area contributed by atoms with Crippen LogP contribution in [-0.4, -0.2) is 36.7 Å². The number of hydrogen-bond donors (Lipinski definition) is 2. The summed E-state index contributed by atoms with van der Waals surface area (Å²) >= 11 is 0. The van der Waals surface area contributed by atoms with E-state index >= 15 is 0 Å². The summed E-state index contributed by atoms with van der Waals surface area (Å²) < 4.78 is 24.1. The molecule has 2 N–H and O–H groups in total. The van der Waals surface area contributed by atoms with E-state index in [1.807, 2.05) is 6.92 Å². The van der Waals surface area contributed by atoms with Gasteiger partial charge < -0.3 is 10.4 Å². The van der Waals surface area contributed by atoms with Crippen molar-refractivity contribution in [3.05, 3.63) is 29.8 Å². The number of rotatable bonds is 9. The molecule has 6 nitrogen and oxygen atoms in total. The molecule has 0 saturated heterocycles. The summed E-state index contributed by atoms with van der Waals surface area (Å²) in [6.45, 7) is 5.17. The Balaban J connectivity index is 2.72. The number of unbranched alkanes of at least 4 members (excludes halogenated alkanes) is 1. The molecule has 0 aliphatic carbocycles. The van der Waals surface area contributed by atoms with Crippen LogP contribution in [0.25, 0.3) is 0 Å². The Hall–Kier alpha value is -1.89. The number of carboxylic acid groups (broad SMARTS) is 1. The maximum Gasteiger partial charge on any atom is 0.326 e. The fourth-order valence-electron chi connectivity index (χ4n) is 2.17. The first-order valence-electron chi connectivity index (χ1n) is 8.03. The van der Waals surface area contributed by atoms with Gasteiger partial charge in [-0.25, -0.2) is 13.2 Å². The Labute approximate surface area is 143 Å². The highest BCUT2D eigenvalue weighted by atomic mass is 32.2. The fraction of sp³-hybridized carbons (Fsp3) is 0.529. The number of amides is 1. The lowest BCUT2D eigenvalue weighted by Gasteiger charge is -2.14. The van der Waals surface area contributed by atoms with Crippen LogP contribution in [0.1, 0.15) is 45.6 Å². The fourth-order valence-corrected chi connectivity index (χ4v) is 3.23. The van der Waals surface area contributed by atoms with Gasteiger partial charge in [-0.2, -0.15) is 0 Å². The minimum atomic E-state index is -3.34. The first-order chi connectivity index (χ1) is 11.2. The first-order valence-corrected chi connectivity index (χ1v) is 9.58. The zero-order valence-electron chi connectivity index (χ0n) is 14.3. The summed E-state index contributed by atoms with van der Waals surface area (Å²) in [7, 11) is -3.34. The van der Waals surface area contributed by atoms with E-state index in [1.54, 1.807) is 26.0 Å². The summed E-state index contributed by atoms with van der Waals surface area (Å²) in [5.41, 5.74) is 0.634. The number of hydrogen-bond acceptors (Lipinski definition) is 4. The molecule has 0 bridgehead atoms. The SMILES string of the molecule is CCCC[C@H](NC(=O)Cc1ccc(S(=O)(=O)C(C)C)cc1)C(=O)O. The molecule has 0 radical (unpaired) electrons. The van der Waals surface area contributed by atoms with Gasteiger partial charge in [0.05, 0.1) is 16.6 Å². The molecule has 1 amide bonds. The van der Waals surface area contributed by atoms with E-state index in [0.717, 1.165) is 12.8 Å². The number of benzene rings is 1. The smallest absolute Gasteiger partial charge is 0.326 e. The van der Waals surface area contributed by atoms with Gasteiger partial charge in [0, 0.05) is 0 Å². The van der Waals surface area contributed by atoms with Crippen LogP contribution in [-0.2, 0) is 25.8 Å². The summed E-state index contributed by atoms with van der Waals surface area (Å²) in [6, 6.07) is 5.22. The standard InChI is InChI=1S/C17H25NO5S/c1-4-5-6-15(17(20)21)18-16(19)11-13-7-9-14(10-8-13)24(22,23)12(2)3/h7-10,12,15H,4-6,11H2,1-3H3,(H,18,19)(H,20,21)/t15-/m0/s1. The molecule has 24 heavy (non-hydrogen) atoms. The summed E-state index contributed by atoms with van der Waals surface area (Å²) in [5.74, 6) is -1.44. The van der Waals surface area contributed by atoms with E-state index in [2.05, 4.69) is 5.32 Å². The van der Waals surface area contributed by atoms with Crippen molar-refractivity contribution < 1.29 is 23.1 Å². The van der Waals surface area contributed by atoms with Crippen molar-refractivity contribution in [1.29, 1.82) is 0 Å². The van der Waals surface area contributed by atoms with E-state index in [-0.39, 0.29) is 11.3 Å². The molecule has 0 unspecified atom stereocenters. The van der Waals surface area contributed by atoms with Gasteiger partial charge >= 0.3 is 5.97 Å². The van der Waals surface area contributed by atoms with Crippen LogP contribution in [0.2, 0.25) is 0 Å². The van der Waals surface area contributed by atoms with E-state index in [4.69, 9.17) is 5.11 Å². The molecule has 7 heteroatoms. The van der Waals surface area contributed by atoms with Crippen LogP contribution in [0.3, 0.4) is 0 Å². The molecular weight excluding hydrogens is 330 g/mol. The van der Waals surface area contributed by atoms with Crippen LogP contribution in [0.5, 0.6) is 0 Å². The van der Waals surface area contributed by atoms with Crippen LogP contribution < -0.4 is 5.32 Å². The minimum Gasteiger partial charge on any atom is -0.480 e. The normalized spacial score (nSPS) is 12.8. The molecule has 0 heterocycles. The van der Waals surface area contributed by atoms with Crippen LogP contribution in [0.4, 0.5) is 0 Å². The molecule has 0 aliphatic rings. The van der Waals surface area contributed by atoms with Crippen molar-refractivity contribution in [2.24, 2.45) is 0 Å². The molecule has 1 atom stereocenters. The lowest BCUT2D eigenvalue weighted by Crippen LogP contribution is -2.41. The van der Waals surface area contributed by atoms with Gasteiger partial charge in [0.1, 0.15) is 6.04 Å². The molecule has 1 rings (SSSR count).